The fraction of sp³-hybridized carbons (Fsp3) is 0.588. The van der Waals surface area contributed by atoms with Crippen molar-refractivity contribution in [2.24, 2.45) is 17.8 Å². The number of likely N-dealkylation sites (tertiary alicyclic amines) is 1. The van der Waals surface area contributed by atoms with Crippen molar-refractivity contribution in [3.63, 3.8) is 0 Å². The van der Waals surface area contributed by atoms with Crippen LogP contribution >= 0.6 is 0 Å². The van der Waals surface area contributed by atoms with E-state index in [1.165, 1.54) is 5.56 Å². The summed E-state index contributed by atoms with van der Waals surface area (Å²) in [6, 6.07) is 8.25. The van der Waals surface area contributed by atoms with E-state index in [4.69, 9.17) is 9.84 Å². The first kappa shape index (κ1) is 14.4. The Morgan fingerprint density at radius 2 is 2.19 bits per heavy atom. The van der Waals surface area contributed by atoms with Gasteiger partial charge in [-0.15, -0.1) is 0 Å². The van der Waals surface area contributed by atoms with Crippen molar-refractivity contribution >= 4 is 5.97 Å². The number of rotatable bonds is 6. The van der Waals surface area contributed by atoms with Crippen molar-refractivity contribution in [3.8, 4) is 5.75 Å². The van der Waals surface area contributed by atoms with Gasteiger partial charge in [0, 0.05) is 19.6 Å². The lowest BCUT2D eigenvalue weighted by Crippen LogP contribution is -2.47. The van der Waals surface area contributed by atoms with Crippen molar-refractivity contribution in [1.82, 2.24) is 4.90 Å². The Morgan fingerprint density at radius 1 is 1.43 bits per heavy atom. The van der Waals surface area contributed by atoms with E-state index in [1.807, 2.05) is 26.0 Å². The molecule has 1 saturated heterocycles. The van der Waals surface area contributed by atoms with Crippen LogP contribution in [0.15, 0.2) is 24.3 Å². The van der Waals surface area contributed by atoms with Crippen LogP contribution in [0.3, 0.4) is 0 Å². The molecule has 1 N–H and O–H groups in total. The number of carbonyl (C=O) groups is 1. The fourth-order valence-electron chi connectivity index (χ4n) is 3.28. The molecule has 1 aromatic carbocycles. The molecular weight excluding hydrogens is 266 g/mol. The van der Waals surface area contributed by atoms with Gasteiger partial charge in [-0.3, -0.25) is 9.69 Å². The van der Waals surface area contributed by atoms with Crippen LogP contribution in [0.1, 0.15) is 25.8 Å². The summed E-state index contributed by atoms with van der Waals surface area (Å²) in [6.07, 6.45) is 1.07. The molecular formula is C17H23NO3. The molecule has 1 aliphatic carbocycles. The fourth-order valence-corrected chi connectivity index (χ4v) is 3.28. The molecule has 1 aromatic rings. The molecule has 0 bridgehead atoms. The van der Waals surface area contributed by atoms with Gasteiger partial charge in [0.25, 0.3) is 0 Å². The smallest absolute Gasteiger partial charge is 0.306 e. The van der Waals surface area contributed by atoms with Crippen LogP contribution in [-0.4, -0.2) is 35.2 Å². The van der Waals surface area contributed by atoms with E-state index in [2.05, 4.69) is 17.0 Å². The van der Waals surface area contributed by atoms with Gasteiger partial charge in [-0.2, -0.15) is 0 Å². The van der Waals surface area contributed by atoms with E-state index in [-0.39, 0.29) is 12.0 Å². The normalized spacial score (nSPS) is 25.7. The van der Waals surface area contributed by atoms with Gasteiger partial charge in [0.15, 0.2) is 0 Å². The van der Waals surface area contributed by atoms with E-state index < -0.39 is 5.97 Å². The Hall–Kier alpha value is -1.55. The van der Waals surface area contributed by atoms with Crippen molar-refractivity contribution < 1.29 is 14.6 Å². The average molecular weight is 289 g/mol. The third kappa shape index (κ3) is 3.38. The first-order chi connectivity index (χ1) is 10.0. The highest BCUT2D eigenvalue weighted by atomic mass is 16.5. The van der Waals surface area contributed by atoms with E-state index in [0.717, 1.165) is 31.8 Å². The van der Waals surface area contributed by atoms with Crippen LogP contribution in [0.25, 0.3) is 0 Å². The monoisotopic (exact) mass is 289 g/mol. The zero-order valence-electron chi connectivity index (χ0n) is 12.7. The maximum absolute atomic E-state index is 10.9. The molecule has 114 valence electrons. The third-order valence-electron chi connectivity index (χ3n) is 4.42. The summed E-state index contributed by atoms with van der Waals surface area (Å²) in [5.74, 6) is 1.25. The summed E-state index contributed by atoms with van der Waals surface area (Å²) in [7, 11) is 0. The topological polar surface area (TPSA) is 49.8 Å². The second-order valence-corrected chi connectivity index (χ2v) is 6.61. The maximum Gasteiger partial charge on any atom is 0.306 e. The highest BCUT2D eigenvalue weighted by Crippen LogP contribution is 2.47. The van der Waals surface area contributed by atoms with Gasteiger partial charge < -0.3 is 9.84 Å². The molecule has 0 unspecified atom stereocenters. The van der Waals surface area contributed by atoms with Crippen LogP contribution in [0.4, 0.5) is 0 Å². The van der Waals surface area contributed by atoms with Gasteiger partial charge in [-0.25, -0.2) is 0 Å². The van der Waals surface area contributed by atoms with Crippen LogP contribution in [-0.2, 0) is 11.3 Å². The molecule has 0 spiro atoms. The van der Waals surface area contributed by atoms with E-state index in [9.17, 15) is 4.79 Å². The summed E-state index contributed by atoms with van der Waals surface area (Å²) in [6.45, 7) is 7.05. The first-order valence-electron chi connectivity index (χ1n) is 7.73. The van der Waals surface area contributed by atoms with Gasteiger partial charge in [0.05, 0.1) is 12.0 Å². The standard InChI is InChI=1S/C17H23NO3/c1-11(2)21-14-5-3-4-12(6-14)8-18-9-13(10-18)15-7-16(15)17(19)20/h3-6,11,13,15-16H,7-10H2,1-2H3,(H,19,20)/t15-,16+/m0/s1. The van der Waals surface area contributed by atoms with Crippen molar-refractivity contribution in [1.29, 1.82) is 0 Å². The minimum Gasteiger partial charge on any atom is -0.491 e. The summed E-state index contributed by atoms with van der Waals surface area (Å²) in [5, 5.41) is 8.97. The molecule has 0 amide bonds. The van der Waals surface area contributed by atoms with Crippen LogP contribution in [0.5, 0.6) is 5.75 Å². The molecule has 3 rings (SSSR count). The minimum atomic E-state index is -0.614. The summed E-state index contributed by atoms with van der Waals surface area (Å²) >= 11 is 0. The SMILES string of the molecule is CC(C)Oc1cccc(CN2CC([C@@H]3C[C@H]3C(=O)O)C2)c1. The van der Waals surface area contributed by atoms with Crippen molar-refractivity contribution in [2.75, 3.05) is 13.1 Å². The average Bonchev–Trinajstić information content (AvgIpc) is 3.13. The zero-order valence-corrected chi connectivity index (χ0v) is 12.7. The Labute approximate surface area is 125 Å². The number of carboxylic acids is 1. The Kier molecular flexibility index (Phi) is 3.89. The van der Waals surface area contributed by atoms with E-state index in [1.54, 1.807) is 0 Å². The van der Waals surface area contributed by atoms with Gasteiger partial charge >= 0.3 is 5.97 Å². The quantitative estimate of drug-likeness (QED) is 0.874. The van der Waals surface area contributed by atoms with Crippen LogP contribution < -0.4 is 4.74 Å². The molecule has 2 fully saturated rings. The van der Waals surface area contributed by atoms with E-state index >= 15 is 0 Å². The van der Waals surface area contributed by atoms with Gasteiger partial charge in [0.2, 0.25) is 0 Å². The lowest BCUT2D eigenvalue weighted by molar-refractivity contribution is -0.139. The van der Waals surface area contributed by atoms with Crippen molar-refractivity contribution in [3.05, 3.63) is 29.8 Å². The Balaban J connectivity index is 1.47. The van der Waals surface area contributed by atoms with Gasteiger partial charge in [0.1, 0.15) is 5.75 Å². The number of ether oxygens (including phenoxy) is 1. The van der Waals surface area contributed by atoms with Gasteiger partial charge in [-0.05, 0) is 49.8 Å². The number of nitrogens with zero attached hydrogens (tertiary/aromatic N) is 1. The number of benzene rings is 1. The maximum atomic E-state index is 10.9. The largest absolute Gasteiger partial charge is 0.491 e. The molecule has 2 aliphatic rings. The molecule has 4 nitrogen and oxygen atoms in total. The highest BCUT2D eigenvalue weighted by Gasteiger charge is 2.51. The van der Waals surface area contributed by atoms with Crippen LogP contribution in [0, 0.1) is 17.8 Å². The molecule has 0 radical (unpaired) electrons. The highest BCUT2D eigenvalue weighted by molar-refractivity contribution is 5.73. The third-order valence-corrected chi connectivity index (χ3v) is 4.42. The van der Waals surface area contributed by atoms with E-state index in [0.29, 0.717) is 11.8 Å². The first-order valence-corrected chi connectivity index (χ1v) is 7.73. The molecule has 1 aliphatic heterocycles. The molecule has 0 aromatic heterocycles. The predicted octanol–water partition coefficient (Wildman–Crippen LogP) is 2.63. The van der Waals surface area contributed by atoms with Crippen LogP contribution in [0.2, 0.25) is 0 Å². The molecule has 1 saturated carbocycles. The number of hydrogen-bond donors (Lipinski definition) is 1. The Bertz CT molecular complexity index is 523. The molecule has 2 atom stereocenters. The van der Waals surface area contributed by atoms with Crippen molar-refractivity contribution in [2.45, 2.75) is 32.9 Å². The number of carboxylic acid groups (broad SMARTS) is 1. The summed E-state index contributed by atoms with van der Waals surface area (Å²) < 4.78 is 5.71. The zero-order chi connectivity index (χ0) is 15.0. The summed E-state index contributed by atoms with van der Waals surface area (Å²) in [5.41, 5.74) is 1.26. The lowest BCUT2D eigenvalue weighted by Gasteiger charge is -2.39. The lowest BCUT2D eigenvalue weighted by atomic mass is 9.92. The second-order valence-electron chi connectivity index (χ2n) is 6.61. The number of aliphatic carboxylic acids is 1. The predicted molar refractivity (Wildman–Crippen MR) is 80.2 cm³/mol. The summed E-state index contributed by atoms with van der Waals surface area (Å²) in [4.78, 5) is 13.3. The van der Waals surface area contributed by atoms with Gasteiger partial charge in [-0.1, -0.05) is 12.1 Å². The molecule has 21 heavy (non-hydrogen) atoms. The second kappa shape index (κ2) is 5.68. The molecule has 4 heteroatoms. The minimum absolute atomic E-state index is 0.0695. The number of hydrogen-bond acceptors (Lipinski definition) is 3. The molecule has 1 heterocycles. The Morgan fingerprint density at radius 3 is 2.81 bits per heavy atom.